The molecule has 0 radical (unpaired) electrons. The minimum atomic E-state index is -1.84. The van der Waals surface area contributed by atoms with Crippen LogP contribution in [0.2, 0.25) is 0 Å². The Morgan fingerprint density at radius 1 is 1.08 bits per heavy atom. The molecule has 4 aliphatic carbocycles. The van der Waals surface area contributed by atoms with Crippen molar-refractivity contribution in [3.05, 3.63) is 11.6 Å². The highest BCUT2D eigenvalue weighted by Gasteiger charge is 2.62. The molecule has 0 spiro atoms. The van der Waals surface area contributed by atoms with Gasteiger partial charge in [0.05, 0.1) is 6.10 Å². The number of hydrogen-bond donors (Lipinski definition) is 5. The summed E-state index contributed by atoms with van der Waals surface area (Å²) in [7, 11) is 0. The van der Waals surface area contributed by atoms with Crippen LogP contribution in [0.4, 0.5) is 0 Å². The first kappa shape index (κ1) is 26.9. The molecular weight excluding hydrogens is 484 g/mol. The summed E-state index contributed by atoms with van der Waals surface area (Å²) in [5.74, 6) is -1.79. The van der Waals surface area contributed by atoms with Crippen LogP contribution >= 0.6 is 0 Å². The minimum Gasteiger partial charge on any atom is -0.479 e. The van der Waals surface area contributed by atoms with E-state index >= 15 is 0 Å². The van der Waals surface area contributed by atoms with Crippen molar-refractivity contribution < 1.29 is 49.4 Å². The molecule has 4 unspecified atom stereocenters. The van der Waals surface area contributed by atoms with Crippen molar-refractivity contribution in [2.45, 2.75) is 95.6 Å². The van der Waals surface area contributed by atoms with Crippen molar-refractivity contribution in [1.82, 2.24) is 0 Å². The van der Waals surface area contributed by atoms with Crippen LogP contribution in [0.3, 0.4) is 0 Å². The number of fused-ring (bicyclic) bond motifs is 5. The molecule has 0 aromatic heterocycles. The number of carbonyl (C=O) groups excluding carboxylic acids is 2. The topological polar surface area (TPSA) is 171 Å². The molecule has 1 saturated heterocycles. The molecular formula is C27H38O10. The van der Waals surface area contributed by atoms with Crippen LogP contribution in [-0.2, 0) is 23.9 Å². The third-order valence-electron chi connectivity index (χ3n) is 10.4. The monoisotopic (exact) mass is 522 g/mol. The van der Waals surface area contributed by atoms with Crippen molar-refractivity contribution >= 4 is 17.5 Å². The van der Waals surface area contributed by atoms with Crippen LogP contribution in [-0.4, -0.2) is 86.5 Å². The van der Waals surface area contributed by atoms with E-state index in [-0.39, 0.29) is 40.8 Å². The molecule has 0 amide bonds. The lowest BCUT2D eigenvalue weighted by Crippen LogP contribution is -2.60. The Labute approximate surface area is 215 Å². The van der Waals surface area contributed by atoms with E-state index in [0.29, 0.717) is 25.7 Å². The Morgan fingerprint density at radius 3 is 2.51 bits per heavy atom. The van der Waals surface area contributed by atoms with Gasteiger partial charge < -0.3 is 35.0 Å². The summed E-state index contributed by atoms with van der Waals surface area (Å²) in [6.45, 7) is 3.71. The van der Waals surface area contributed by atoms with Crippen LogP contribution in [0.5, 0.6) is 0 Å². The summed E-state index contributed by atoms with van der Waals surface area (Å²) in [5, 5.41) is 49.4. The van der Waals surface area contributed by atoms with E-state index < -0.39 is 54.6 Å². The second-order valence-electron chi connectivity index (χ2n) is 12.3. The third-order valence-corrected chi connectivity index (χ3v) is 10.4. The van der Waals surface area contributed by atoms with Gasteiger partial charge in [-0.15, -0.1) is 0 Å². The van der Waals surface area contributed by atoms with Gasteiger partial charge in [0, 0.05) is 18.3 Å². The molecule has 1 heterocycles. The maximum absolute atomic E-state index is 13.7. The Bertz CT molecular complexity index is 994. The number of aliphatic hydroxyl groups excluding tert-OH is 4. The molecule has 37 heavy (non-hydrogen) atoms. The van der Waals surface area contributed by atoms with Gasteiger partial charge in [-0.2, -0.15) is 0 Å². The predicted octanol–water partition coefficient (Wildman–Crippen LogP) is 0.583. The summed E-state index contributed by atoms with van der Waals surface area (Å²) in [6, 6.07) is 0. The number of Topliss-reactive ketones (excluding diaryl/α,β-unsaturated/α-hetero) is 2. The summed E-state index contributed by atoms with van der Waals surface area (Å²) in [5.41, 5.74) is 0.424. The Kier molecular flexibility index (Phi) is 6.90. The van der Waals surface area contributed by atoms with Crippen LogP contribution in [0.25, 0.3) is 0 Å². The highest BCUT2D eigenvalue weighted by atomic mass is 16.7. The molecule has 206 valence electrons. The van der Waals surface area contributed by atoms with E-state index in [4.69, 9.17) is 9.47 Å². The van der Waals surface area contributed by atoms with Gasteiger partial charge in [0.25, 0.3) is 0 Å². The molecule has 3 saturated carbocycles. The number of rotatable bonds is 5. The maximum Gasteiger partial charge on any atom is 0.335 e. The molecule has 10 heteroatoms. The van der Waals surface area contributed by atoms with E-state index in [0.717, 1.165) is 19.3 Å². The molecule has 0 bridgehead atoms. The van der Waals surface area contributed by atoms with E-state index in [9.17, 15) is 39.9 Å². The zero-order valence-electron chi connectivity index (χ0n) is 21.3. The summed E-state index contributed by atoms with van der Waals surface area (Å²) in [6.07, 6.45) is -2.28. The number of carbonyl (C=O) groups is 3. The largest absolute Gasteiger partial charge is 0.479 e. The summed E-state index contributed by atoms with van der Waals surface area (Å²) >= 11 is 0. The standard InChI is InChI=1S/C27H38O10/c1-26-8-7-13(28)9-12(26)3-4-14-15-5-6-16(27(15,2)10-17(29)19(14)26)18(30)11-36-25-22(33)20(31)21(32)23(37-25)24(34)35/h3,13-16,19-23,25,28,31-33H,4-11H2,1-2H3,(H,34,35)/t13-,14?,15?,16-,19?,20+,21+,22-,23+,25?,26+,27+/m1/s1. The molecule has 10 nitrogen and oxygen atoms in total. The lowest BCUT2D eigenvalue weighted by atomic mass is 9.47. The summed E-state index contributed by atoms with van der Waals surface area (Å²) in [4.78, 5) is 38.4. The first-order valence-corrected chi connectivity index (χ1v) is 13.4. The van der Waals surface area contributed by atoms with Gasteiger partial charge in [-0.05, 0) is 61.2 Å². The number of ether oxygens (including phenoxy) is 2. The lowest BCUT2D eigenvalue weighted by Gasteiger charge is -2.56. The van der Waals surface area contributed by atoms with Crippen molar-refractivity contribution in [3.63, 3.8) is 0 Å². The van der Waals surface area contributed by atoms with Crippen molar-refractivity contribution in [2.24, 2.45) is 34.5 Å². The molecule has 5 rings (SSSR count). The zero-order valence-corrected chi connectivity index (χ0v) is 21.3. The van der Waals surface area contributed by atoms with Gasteiger partial charge in [0.1, 0.15) is 30.7 Å². The van der Waals surface area contributed by atoms with Crippen LogP contribution in [0, 0.1) is 34.5 Å². The van der Waals surface area contributed by atoms with Crippen molar-refractivity contribution in [2.75, 3.05) is 6.61 Å². The fraction of sp³-hybridized carbons (Fsp3) is 0.815. The number of allylic oxidation sites excluding steroid dienone is 1. The van der Waals surface area contributed by atoms with E-state index in [2.05, 4.69) is 13.0 Å². The molecule has 4 fully saturated rings. The van der Waals surface area contributed by atoms with E-state index in [1.54, 1.807) is 0 Å². The third kappa shape index (κ3) is 4.20. The average molecular weight is 523 g/mol. The van der Waals surface area contributed by atoms with Crippen molar-refractivity contribution in [1.29, 1.82) is 0 Å². The van der Waals surface area contributed by atoms with Gasteiger partial charge in [-0.1, -0.05) is 25.5 Å². The normalized spacial score (nSPS) is 49.5. The van der Waals surface area contributed by atoms with Crippen LogP contribution < -0.4 is 0 Å². The van der Waals surface area contributed by atoms with Gasteiger partial charge in [-0.25, -0.2) is 4.79 Å². The number of aliphatic hydroxyl groups is 4. The molecule has 5 aliphatic rings. The average Bonchev–Trinajstić information content (AvgIpc) is 3.18. The first-order valence-electron chi connectivity index (χ1n) is 13.4. The van der Waals surface area contributed by atoms with Crippen LogP contribution in [0.1, 0.15) is 58.8 Å². The Balaban J connectivity index is 1.29. The number of aliphatic carboxylic acids is 1. The van der Waals surface area contributed by atoms with E-state index in [1.165, 1.54) is 5.57 Å². The molecule has 0 aromatic carbocycles. The number of carboxylic acid groups (broad SMARTS) is 1. The second-order valence-corrected chi connectivity index (χ2v) is 12.3. The second kappa shape index (κ2) is 9.50. The molecule has 12 atom stereocenters. The number of carboxylic acids is 1. The highest BCUT2D eigenvalue weighted by Crippen LogP contribution is 2.65. The smallest absolute Gasteiger partial charge is 0.335 e. The molecule has 1 aliphatic heterocycles. The van der Waals surface area contributed by atoms with Crippen LogP contribution in [0.15, 0.2) is 11.6 Å². The Hall–Kier alpha value is -1.69. The lowest BCUT2D eigenvalue weighted by molar-refractivity contribution is -0.292. The van der Waals surface area contributed by atoms with Gasteiger partial charge in [-0.3, -0.25) is 9.59 Å². The maximum atomic E-state index is 13.7. The zero-order chi connectivity index (χ0) is 26.9. The molecule has 5 N–H and O–H groups in total. The van der Waals surface area contributed by atoms with Gasteiger partial charge >= 0.3 is 5.97 Å². The Morgan fingerprint density at radius 2 is 1.81 bits per heavy atom. The summed E-state index contributed by atoms with van der Waals surface area (Å²) < 4.78 is 10.6. The minimum absolute atomic E-state index is 0.102. The first-order chi connectivity index (χ1) is 17.4. The predicted molar refractivity (Wildman–Crippen MR) is 127 cm³/mol. The SMILES string of the molecule is C[C@]12CC[C@@H](O)CC1=CCC1C2C(=O)C[C@@]2(C)C1CC[C@@H]2C(=O)COC1O[C@H](C(=O)O)[C@@H](O)[C@H](O)[C@H]1O. The quantitative estimate of drug-likeness (QED) is 0.322. The van der Waals surface area contributed by atoms with Crippen molar-refractivity contribution in [3.8, 4) is 0 Å². The highest BCUT2D eigenvalue weighted by molar-refractivity contribution is 5.88. The van der Waals surface area contributed by atoms with E-state index in [1.807, 2.05) is 6.92 Å². The number of hydrogen-bond acceptors (Lipinski definition) is 9. The van der Waals surface area contributed by atoms with Gasteiger partial charge in [0.15, 0.2) is 18.2 Å². The fourth-order valence-corrected chi connectivity index (χ4v) is 8.46. The van der Waals surface area contributed by atoms with Gasteiger partial charge in [0.2, 0.25) is 0 Å². The number of ketones is 2. The fourth-order valence-electron chi connectivity index (χ4n) is 8.46. The molecule has 0 aromatic rings.